The zero-order valence-electron chi connectivity index (χ0n) is 16.0. The molecule has 16 heteroatoms. The van der Waals surface area contributed by atoms with E-state index in [1.807, 2.05) is 0 Å². The molecule has 3 aromatic rings. The summed E-state index contributed by atoms with van der Waals surface area (Å²) in [6.45, 7) is 0. The van der Waals surface area contributed by atoms with Crippen molar-refractivity contribution in [1.82, 2.24) is 26.1 Å². The van der Waals surface area contributed by atoms with Crippen molar-refractivity contribution in [2.75, 3.05) is 5.73 Å². The molecule has 0 saturated carbocycles. The Kier molecular flexibility index (Phi) is 7.81. The van der Waals surface area contributed by atoms with E-state index in [1.165, 1.54) is 36.5 Å². The highest BCUT2D eigenvalue weighted by Crippen LogP contribution is 2.22. The maximum Gasteiger partial charge on any atom is 0.490 e. The van der Waals surface area contributed by atoms with Gasteiger partial charge in [-0.1, -0.05) is 12.1 Å². The van der Waals surface area contributed by atoms with E-state index < -0.39 is 29.8 Å². The summed E-state index contributed by atoms with van der Waals surface area (Å²) in [5.41, 5.74) is 9.46. The number of carbonyl (C=O) groups is 3. The molecule has 5 N–H and O–H groups in total. The van der Waals surface area contributed by atoms with E-state index in [1.54, 1.807) is 6.07 Å². The number of ether oxygens (including phenoxy) is 1. The Labute approximate surface area is 180 Å². The van der Waals surface area contributed by atoms with Gasteiger partial charge in [0, 0.05) is 12.3 Å². The lowest BCUT2D eigenvalue weighted by Gasteiger charge is -2.07. The quantitative estimate of drug-likeness (QED) is 0.322. The number of carboxylic acid groups (broad SMARTS) is 1. The molecule has 0 saturated heterocycles. The van der Waals surface area contributed by atoms with E-state index in [2.05, 4.69) is 30.8 Å². The van der Waals surface area contributed by atoms with Crippen LogP contribution >= 0.6 is 0 Å². The van der Waals surface area contributed by atoms with Crippen molar-refractivity contribution in [2.24, 2.45) is 0 Å². The van der Waals surface area contributed by atoms with Crippen LogP contribution in [0, 0.1) is 5.82 Å². The summed E-state index contributed by atoms with van der Waals surface area (Å²) in [4.78, 5) is 36.5. The normalized spacial score (nSPS) is 10.4. The smallest absolute Gasteiger partial charge is 0.475 e. The van der Waals surface area contributed by atoms with Gasteiger partial charge in [-0.05, 0) is 28.5 Å². The minimum absolute atomic E-state index is 0.00303. The highest BCUT2D eigenvalue weighted by Gasteiger charge is 2.38. The number of hydrogen-bond donors (Lipinski definition) is 4. The molecular formula is C17H12F4N6O6. The zero-order chi connectivity index (χ0) is 24.6. The van der Waals surface area contributed by atoms with Crippen molar-refractivity contribution in [3.63, 3.8) is 0 Å². The number of nitrogen functional groups attached to an aromatic ring is 1. The van der Waals surface area contributed by atoms with Gasteiger partial charge in [0.2, 0.25) is 17.4 Å². The van der Waals surface area contributed by atoms with Crippen LogP contribution < -0.4 is 21.3 Å². The minimum Gasteiger partial charge on any atom is -0.475 e. The number of nitrogens with two attached hydrogens (primary N) is 1. The van der Waals surface area contributed by atoms with Crippen LogP contribution in [0.25, 0.3) is 0 Å². The summed E-state index contributed by atoms with van der Waals surface area (Å²) in [7, 11) is 0. The standard InChI is InChI=1S/C15H11FN6O4.C2HF3O2/c16-9-3-1-2-4-10(9)25-11-6-5-8(7-18-11)14(23)19-20-15(24)12-13(17)22-26-21-12;3-2(4,5)1(6)7/h1-7H,(H2,17,22)(H,19,23)(H,20,24);(H,6,7). The molecule has 0 aliphatic heterocycles. The Morgan fingerprint density at radius 1 is 1.03 bits per heavy atom. The number of alkyl halides is 3. The van der Waals surface area contributed by atoms with Gasteiger partial charge in [0.15, 0.2) is 11.6 Å². The van der Waals surface area contributed by atoms with Gasteiger partial charge in [0.25, 0.3) is 11.8 Å². The largest absolute Gasteiger partial charge is 0.490 e. The van der Waals surface area contributed by atoms with Crippen LogP contribution in [0.5, 0.6) is 11.6 Å². The topological polar surface area (TPSA) is 183 Å². The number of aliphatic carboxylic acids is 1. The summed E-state index contributed by atoms with van der Waals surface area (Å²) in [6.07, 6.45) is -3.89. The van der Waals surface area contributed by atoms with Crippen LogP contribution in [0.3, 0.4) is 0 Å². The second kappa shape index (κ2) is 10.5. The number of nitrogens with one attached hydrogen (secondary N) is 2. The lowest BCUT2D eigenvalue weighted by molar-refractivity contribution is -0.192. The molecule has 0 aliphatic carbocycles. The summed E-state index contributed by atoms with van der Waals surface area (Å²) in [5.74, 6) is -4.87. The molecule has 0 fully saturated rings. The van der Waals surface area contributed by atoms with E-state index in [0.29, 0.717) is 0 Å². The fraction of sp³-hybridized carbons (Fsp3) is 0.0588. The number of carbonyl (C=O) groups excluding carboxylic acids is 2. The van der Waals surface area contributed by atoms with Gasteiger partial charge in [-0.2, -0.15) is 13.2 Å². The summed E-state index contributed by atoms with van der Waals surface area (Å²) >= 11 is 0. The van der Waals surface area contributed by atoms with Crippen molar-refractivity contribution in [2.45, 2.75) is 6.18 Å². The Balaban J connectivity index is 0.000000479. The predicted octanol–water partition coefficient (Wildman–Crippen LogP) is 1.69. The number of para-hydroxylation sites is 1. The third-order valence-corrected chi connectivity index (χ3v) is 3.31. The fourth-order valence-electron chi connectivity index (χ4n) is 1.81. The molecule has 2 heterocycles. The number of nitrogens with zero attached hydrogens (tertiary/aromatic N) is 3. The van der Waals surface area contributed by atoms with Crippen LogP contribution in [0.2, 0.25) is 0 Å². The molecule has 2 aromatic heterocycles. The van der Waals surface area contributed by atoms with Crippen molar-refractivity contribution in [3.05, 3.63) is 59.7 Å². The van der Waals surface area contributed by atoms with Gasteiger partial charge in [0.05, 0.1) is 5.56 Å². The van der Waals surface area contributed by atoms with Crippen molar-refractivity contribution < 1.29 is 46.4 Å². The van der Waals surface area contributed by atoms with Crippen LogP contribution in [0.1, 0.15) is 20.8 Å². The van der Waals surface area contributed by atoms with E-state index in [9.17, 15) is 27.2 Å². The number of amides is 2. The first-order valence-electron chi connectivity index (χ1n) is 8.36. The number of halogens is 4. The Hall–Kier alpha value is -4.76. The zero-order valence-corrected chi connectivity index (χ0v) is 16.0. The number of hydrogen-bond acceptors (Lipinski definition) is 9. The van der Waals surface area contributed by atoms with Gasteiger partial charge in [-0.3, -0.25) is 20.4 Å². The van der Waals surface area contributed by atoms with Gasteiger partial charge >= 0.3 is 12.1 Å². The molecule has 0 bridgehead atoms. The third kappa shape index (κ3) is 7.16. The van der Waals surface area contributed by atoms with Crippen LogP contribution in [0.15, 0.2) is 47.2 Å². The molecule has 33 heavy (non-hydrogen) atoms. The summed E-state index contributed by atoms with van der Waals surface area (Å²) in [6, 6.07) is 8.59. The summed E-state index contributed by atoms with van der Waals surface area (Å²) in [5, 5.41) is 13.7. The number of anilines is 1. The molecule has 3 rings (SSSR count). The third-order valence-electron chi connectivity index (χ3n) is 3.31. The van der Waals surface area contributed by atoms with Crippen LogP contribution in [0.4, 0.5) is 23.4 Å². The maximum absolute atomic E-state index is 13.5. The van der Waals surface area contributed by atoms with Crippen LogP contribution in [-0.2, 0) is 4.79 Å². The molecule has 174 valence electrons. The molecule has 0 atom stereocenters. The molecule has 12 nitrogen and oxygen atoms in total. The average molecular weight is 472 g/mol. The fourth-order valence-corrected chi connectivity index (χ4v) is 1.81. The van der Waals surface area contributed by atoms with Crippen LogP contribution in [-0.4, -0.2) is 44.4 Å². The second-order valence-electron chi connectivity index (χ2n) is 5.63. The Morgan fingerprint density at radius 3 is 2.18 bits per heavy atom. The summed E-state index contributed by atoms with van der Waals surface area (Å²) < 4.78 is 54.8. The number of rotatable bonds is 4. The van der Waals surface area contributed by atoms with Crippen molar-refractivity contribution in [3.8, 4) is 11.6 Å². The number of aromatic nitrogens is 3. The number of benzene rings is 1. The molecule has 0 unspecified atom stereocenters. The van der Waals surface area contributed by atoms with E-state index >= 15 is 0 Å². The van der Waals surface area contributed by atoms with Gasteiger partial charge in [-0.15, -0.1) is 0 Å². The van der Waals surface area contributed by atoms with E-state index in [4.69, 9.17) is 20.4 Å². The lowest BCUT2D eigenvalue weighted by Crippen LogP contribution is -2.42. The maximum atomic E-state index is 13.5. The van der Waals surface area contributed by atoms with E-state index in [0.717, 1.165) is 0 Å². The first-order valence-corrected chi connectivity index (χ1v) is 8.36. The van der Waals surface area contributed by atoms with Gasteiger partial charge < -0.3 is 15.6 Å². The average Bonchev–Trinajstić information content (AvgIpc) is 3.19. The number of hydrazine groups is 1. The number of carboxylic acids is 1. The molecule has 1 aromatic carbocycles. The van der Waals surface area contributed by atoms with Crippen molar-refractivity contribution in [1.29, 1.82) is 0 Å². The monoisotopic (exact) mass is 472 g/mol. The first kappa shape index (κ1) is 24.5. The highest BCUT2D eigenvalue weighted by atomic mass is 19.4. The Bertz CT molecular complexity index is 1140. The Morgan fingerprint density at radius 2 is 1.67 bits per heavy atom. The second-order valence-corrected chi connectivity index (χ2v) is 5.63. The molecule has 0 spiro atoms. The molecule has 2 amide bonds. The first-order chi connectivity index (χ1) is 15.5. The minimum atomic E-state index is -5.08. The predicted molar refractivity (Wildman–Crippen MR) is 98.0 cm³/mol. The molecule has 0 radical (unpaired) electrons. The molecular weight excluding hydrogens is 460 g/mol. The lowest BCUT2D eigenvalue weighted by atomic mass is 10.3. The SMILES string of the molecule is Nc1nonc1C(=O)NNC(=O)c1ccc(Oc2ccccc2F)nc1.O=C(O)C(F)(F)F. The number of pyridine rings is 1. The van der Waals surface area contributed by atoms with Gasteiger partial charge in [-0.25, -0.2) is 18.8 Å². The molecule has 0 aliphatic rings. The highest BCUT2D eigenvalue weighted by molar-refractivity contribution is 5.99. The van der Waals surface area contributed by atoms with Gasteiger partial charge in [0.1, 0.15) is 0 Å². The van der Waals surface area contributed by atoms with Crippen molar-refractivity contribution >= 4 is 23.6 Å². The van der Waals surface area contributed by atoms with E-state index in [-0.39, 0.29) is 28.7 Å².